The Labute approximate surface area is 174 Å². The maximum absolute atomic E-state index is 11.2. The fourth-order valence-corrected chi connectivity index (χ4v) is 3.31. The van der Waals surface area contributed by atoms with Crippen LogP contribution >= 0.6 is 0 Å². The molecule has 0 saturated carbocycles. The van der Waals surface area contributed by atoms with Gasteiger partial charge in [-0.05, 0) is 54.9 Å². The molecular weight excluding hydrogens is 360 g/mol. The number of esters is 1. The van der Waals surface area contributed by atoms with E-state index in [4.69, 9.17) is 0 Å². The third-order valence-corrected chi connectivity index (χ3v) is 5.00. The molecule has 2 rings (SSSR count). The van der Waals surface area contributed by atoms with Crippen molar-refractivity contribution in [3.63, 3.8) is 0 Å². The zero-order chi connectivity index (χ0) is 21.4. The number of carbonyl (C=O) groups is 1. The fraction of sp³-hybridized carbons (Fsp3) is 0.320. The molecule has 0 spiro atoms. The van der Waals surface area contributed by atoms with Crippen molar-refractivity contribution < 1.29 is 9.53 Å². The summed E-state index contributed by atoms with van der Waals surface area (Å²) in [6.45, 7) is 10.6. The van der Waals surface area contributed by atoms with Gasteiger partial charge < -0.3 is 4.74 Å². The van der Waals surface area contributed by atoms with E-state index in [1.54, 1.807) is 6.33 Å². The molecule has 0 unspecified atom stereocenters. The van der Waals surface area contributed by atoms with E-state index < -0.39 is 0 Å². The van der Waals surface area contributed by atoms with Gasteiger partial charge in [0.25, 0.3) is 0 Å². The molecule has 152 valence electrons. The highest BCUT2D eigenvalue weighted by molar-refractivity contribution is 5.83. The van der Waals surface area contributed by atoms with Gasteiger partial charge in [0.1, 0.15) is 6.33 Å². The third kappa shape index (κ3) is 6.24. The number of hydrogen-bond acceptors (Lipinski definition) is 4. The summed E-state index contributed by atoms with van der Waals surface area (Å²) in [6.07, 6.45) is 20.2. The summed E-state index contributed by atoms with van der Waals surface area (Å²) in [5.74, 6) is -0.345. The molecule has 0 N–H and O–H groups in total. The second-order valence-electron chi connectivity index (χ2n) is 7.89. The number of rotatable bonds is 6. The van der Waals surface area contributed by atoms with Crippen LogP contribution in [0.2, 0.25) is 0 Å². The zero-order valence-corrected chi connectivity index (χ0v) is 18.2. The summed E-state index contributed by atoms with van der Waals surface area (Å²) in [5, 5.41) is 0. The number of aromatic nitrogens is 2. The molecule has 4 heteroatoms. The Balaban J connectivity index is 2.23. The van der Waals surface area contributed by atoms with Crippen LogP contribution in [0.3, 0.4) is 0 Å². The van der Waals surface area contributed by atoms with Crippen LogP contribution < -0.4 is 0 Å². The van der Waals surface area contributed by atoms with Crippen molar-refractivity contribution in [3.05, 3.63) is 89.1 Å². The Morgan fingerprint density at radius 1 is 1.14 bits per heavy atom. The molecule has 1 aliphatic rings. The lowest BCUT2D eigenvalue weighted by molar-refractivity contribution is -0.134. The quantitative estimate of drug-likeness (QED) is 0.351. The molecule has 0 bridgehead atoms. The van der Waals surface area contributed by atoms with Crippen LogP contribution in [0.15, 0.2) is 83.5 Å². The Hall–Kier alpha value is -3.01. The van der Waals surface area contributed by atoms with Crippen molar-refractivity contribution in [1.29, 1.82) is 0 Å². The molecular formula is C25H30N2O2. The molecule has 0 radical (unpaired) electrons. The monoisotopic (exact) mass is 390 g/mol. The van der Waals surface area contributed by atoms with Crippen molar-refractivity contribution in [2.24, 2.45) is 5.41 Å². The highest BCUT2D eigenvalue weighted by Crippen LogP contribution is 2.43. The van der Waals surface area contributed by atoms with Gasteiger partial charge in [-0.25, -0.2) is 14.8 Å². The summed E-state index contributed by atoms with van der Waals surface area (Å²) < 4.78 is 4.63. The van der Waals surface area contributed by atoms with E-state index in [0.717, 1.165) is 23.1 Å². The van der Waals surface area contributed by atoms with Crippen molar-refractivity contribution in [2.45, 2.75) is 41.0 Å². The van der Waals surface area contributed by atoms with E-state index in [2.05, 4.69) is 60.6 Å². The van der Waals surface area contributed by atoms with E-state index in [1.165, 1.54) is 29.9 Å². The summed E-state index contributed by atoms with van der Waals surface area (Å²) in [7, 11) is 1.37. The number of allylic oxidation sites excluding steroid dienone is 11. The lowest BCUT2D eigenvalue weighted by atomic mass is 9.72. The maximum atomic E-state index is 11.2. The average molecular weight is 391 g/mol. The smallest absolute Gasteiger partial charge is 0.330 e. The first-order valence-electron chi connectivity index (χ1n) is 9.71. The molecule has 0 aromatic carbocycles. The third-order valence-electron chi connectivity index (χ3n) is 5.00. The second kappa shape index (κ2) is 9.97. The fourth-order valence-electron chi connectivity index (χ4n) is 3.31. The van der Waals surface area contributed by atoms with Crippen molar-refractivity contribution in [2.75, 3.05) is 7.11 Å². The van der Waals surface area contributed by atoms with Crippen LogP contribution in [0.5, 0.6) is 0 Å². The van der Waals surface area contributed by atoms with E-state index in [9.17, 15) is 4.79 Å². The molecule has 1 aromatic rings. The molecule has 0 fully saturated rings. The van der Waals surface area contributed by atoms with E-state index >= 15 is 0 Å². The molecule has 1 aromatic heterocycles. The minimum atomic E-state index is -0.345. The highest BCUT2D eigenvalue weighted by Gasteiger charge is 2.27. The second-order valence-corrected chi connectivity index (χ2v) is 7.89. The van der Waals surface area contributed by atoms with Crippen LogP contribution in [0, 0.1) is 5.41 Å². The number of nitrogens with zero attached hydrogens (tertiary/aromatic N) is 2. The standard InChI is InChI=1S/C25H30N2O2/c1-18(8-7-9-19(2)14-24(28)29-6)10-11-23-20(3)22(12-13-25(23,4)5)21-15-26-17-27-16-21/h7-12,14-17H,13H2,1-6H3/b9-7+,11-10+,18-8+,19-14-. The molecule has 1 aliphatic carbocycles. The summed E-state index contributed by atoms with van der Waals surface area (Å²) in [5.41, 5.74) is 6.86. The number of ether oxygens (including phenoxy) is 1. The van der Waals surface area contributed by atoms with Crippen LogP contribution in [0.4, 0.5) is 0 Å². The van der Waals surface area contributed by atoms with Gasteiger partial charge in [0.15, 0.2) is 0 Å². The minimum Gasteiger partial charge on any atom is -0.466 e. The molecule has 1 heterocycles. The molecule has 0 saturated heterocycles. The first-order chi connectivity index (χ1) is 13.7. The van der Waals surface area contributed by atoms with Gasteiger partial charge in [-0.2, -0.15) is 0 Å². The molecule has 0 aliphatic heterocycles. The van der Waals surface area contributed by atoms with Gasteiger partial charge in [-0.1, -0.05) is 55.9 Å². The topological polar surface area (TPSA) is 52.1 Å². The normalized spacial score (nSPS) is 17.8. The van der Waals surface area contributed by atoms with Gasteiger partial charge in [0.05, 0.1) is 7.11 Å². The first-order valence-corrected chi connectivity index (χ1v) is 9.71. The predicted molar refractivity (Wildman–Crippen MR) is 119 cm³/mol. The number of methoxy groups -OCH3 is 1. The van der Waals surface area contributed by atoms with Gasteiger partial charge in [-0.3, -0.25) is 0 Å². The van der Waals surface area contributed by atoms with E-state index in [0.29, 0.717) is 0 Å². The van der Waals surface area contributed by atoms with Gasteiger partial charge in [0.2, 0.25) is 0 Å². The predicted octanol–water partition coefficient (Wildman–Crippen LogP) is 5.78. The van der Waals surface area contributed by atoms with Crippen LogP contribution in [0.25, 0.3) is 5.57 Å². The SMILES string of the molecule is COC(=O)\C=C(C)/C=C/C=C(C)/C=C/C1=C(C)C(c2cncnc2)=CCC1(C)C. The van der Waals surface area contributed by atoms with Crippen LogP contribution in [-0.2, 0) is 9.53 Å². The average Bonchev–Trinajstić information content (AvgIpc) is 2.68. The lowest BCUT2D eigenvalue weighted by Gasteiger charge is -2.32. The van der Waals surface area contributed by atoms with Crippen LogP contribution in [-0.4, -0.2) is 23.0 Å². The molecule has 4 nitrogen and oxygen atoms in total. The summed E-state index contributed by atoms with van der Waals surface area (Å²) >= 11 is 0. The summed E-state index contributed by atoms with van der Waals surface area (Å²) in [4.78, 5) is 19.6. The Morgan fingerprint density at radius 3 is 2.48 bits per heavy atom. The number of carbonyl (C=O) groups excluding carboxylic acids is 1. The Morgan fingerprint density at radius 2 is 1.83 bits per heavy atom. The van der Waals surface area contributed by atoms with E-state index in [-0.39, 0.29) is 11.4 Å². The van der Waals surface area contributed by atoms with Crippen molar-refractivity contribution in [3.8, 4) is 0 Å². The minimum absolute atomic E-state index is 0.0652. The van der Waals surface area contributed by atoms with Crippen molar-refractivity contribution in [1.82, 2.24) is 9.97 Å². The molecule has 29 heavy (non-hydrogen) atoms. The first kappa shape index (κ1) is 22.3. The summed E-state index contributed by atoms with van der Waals surface area (Å²) in [6, 6.07) is 0. The molecule has 0 amide bonds. The van der Waals surface area contributed by atoms with Gasteiger partial charge in [0, 0.05) is 24.0 Å². The zero-order valence-electron chi connectivity index (χ0n) is 18.2. The van der Waals surface area contributed by atoms with Gasteiger partial charge in [-0.15, -0.1) is 0 Å². The number of hydrogen-bond donors (Lipinski definition) is 0. The lowest BCUT2D eigenvalue weighted by Crippen LogP contribution is -2.18. The van der Waals surface area contributed by atoms with Gasteiger partial charge >= 0.3 is 5.97 Å². The Kier molecular flexibility index (Phi) is 7.66. The molecule has 0 atom stereocenters. The van der Waals surface area contributed by atoms with E-state index in [1.807, 2.05) is 37.5 Å². The maximum Gasteiger partial charge on any atom is 0.330 e. The van der Waals surface area contributed by atoms with Crippen LogP contribution in [0.1, 0.15) is 46.6 Å². The Bertz CT molecular complexity index is 927. The largest absolute Gasteiger partial charge is 0.466 e. The highest BCUT2D eigenvalue weighted by atomic mass is 16.5. The van der Waals surface area contributed by atoms with Crippen molar-refractivity contribution >= 4 is 11.5 Å².